The number of hydrogen-bond donors (Lipinski definition) is 1. The van der Waals surface area contributed by atoms with Crippen molar-refractivity contribution in [2.75, 3.05) is 6.54 Å². The molecule has 2 N–H and O–H groups in total. The van der Waals surface area contributed by atoms with Crippen LogP contribution in [-0.2, 0) is 19.3 Å². The summed E-state index contributed by atoms with van der Waals surface area (Å²) in [5.41, 5.74) is 8.08. The van der Waals surface area contributed by atoms with Gasteiger partial charge in [-0.1, -0.05) is 11.6 Å². The highest BCUT2D eigenvalue weighted by Crippen LogP contribution is 2.23. The second kappa shape index (κ2) is 4.60. The Kier molecular flexibility index (Phi) is 3.19. The fourth-order valence-corrected chi connectivity index (χ4v) is 2.09. The Morgan fingerprint density at radius 3 is 2.93 bits per heavy atom. The number of fused-ring (bicyclic) bond motifs is 1. The van der Waals surface area contributed by atoms with E-state index in [1.165, 1.54) is 30.5 Å². The summed E-state index contributed by atoms with van der Waals surface area (Å²) in [6, 6.07) is 0. The van der Waals surface area contributed by atoms with Gasteiger partial charge in [0.1, 0.15) is 5.76 Å². The topological polar surface area (TPSA) is 52.0 Å². The lowest BCUT2D eigenvalue weighted by molar-refractivity contribution is 0.372. The van der Waals surface area contributed by atoms with Crippen LogP contribution in [0.5, 0.6) is 0 Å². The van der Waals surface area contributed by atoms with Crippen molar-refractivity contribution in [1.82, 2.24) is 5.16 Å². The van der Waals surface area contributed by atoms with E-state index in [4.69, 9.17) is 10.3 Å². The van der Waals surface area contributed by atoms with Gasteiger partial charge in [0.05, 0.1) is 5.69 Å². The maximum absolute atomic E-state index is 5.49. The number of hydrogen-bond acceptors (Lipinski definition) is 3. The molecule has 0 aliphatic heterocycles. The van der Waals surface area contributed by atoms with Gasteiger partial charge in [-0.2, -0.15) is 0 Å². The van der Waals surface area contributed by atoms with Gasteiger partial charge in [0.15, 0.2) is 0 Å². The van der Waals surface area contributed by atoms with Gasteiger partial charge in [0, 0.05) is 12.0 Å². The molecule has 0 saturated carbocycles. The molecule has 1 aromatic heterocycles. The first kappa shape index (κ1) is 9.71. The molecule has 1 aliphatic carbocycles. The molecule has 0 atom stereocenters. The zero-order valence-corrected chi connectivity index (χ0v) is 8.59. The van der Waals surface area contributed by atoms with Crippen LogP contribution >= 0.6 is 0 Å². The lowest BCUT2D eigenvalue weighted by atomic mass is 10.1. The van der Waals surface area contributed by atoms with E-state index in [9.17, 15) is 0 Å². The second-order valence-corrected chi connectivity index (χ2v) is 3.98. The van der Waals surface area contributed by atoms with E-state index in [0.29, 0.717) is 0 Å². The van der Waals surface area contributed by atoms with E-state index in [-0.39, 0.29) is 0 Å². The van der Waals surface area contributed by atoms with E-state index in [0.717, 1.165) is 38.0 Å². The third-order valence-corrected chi connectivity index (χ3v) is 2.90. The van der Waals surface area contributed by atoms with Gasteiger partial charge < -0.3 is 10.3 Å². The summed E-state index contributed by atoms with van der Waals surface area (Å²) in [4.78, 5) is 0. The minimum atomic E-state index is 0.732. The van der Waals surface area contributed by atoms with E-state index in [1.54, 1.807) is 0 Å². The molecule has 3 heteroatoms. The maximum Gasteiger partial charge on any atom is 0.140 e. The van der Waals surface area contributed by atoms with Crippen LogP contribution in [0.4, 0.5) is 0 Å². The van der Waals surface area contributed by atoms with Crippen LogP contribution in [-0.4, -0.2) is 11.7 Å². The normalized spacial score (nSPS) is 16.4. The Bertz CT molecular complexity index is 293. The molecule has 1 aromatic rings. The molecular weight excluding hydrogens is 176 g/mol. The molecule has 0 aromatic carbocycles. The fraction of sp³-hybridized carbons (Fsp3) is 0.727. The summed E-state index contributed by atoms with van der Waals surface area (Å²) >= 11 is 0. The van der Waals surface area contributed by atoms with Crippen LogP contribution in [0.25, 0.3) is 0 Å². The van der Waals surface area contributed by atoms with Crippen LogP contribution < -0.4 is 5.73 Å². The Morgan fingerprint density at radius 1 is 1.21 bits per heavy atom. The van der Waals surface area contributed by atoms with Crippen molar-refractivity contribution >= 4 is 0 Å². The zero-order valence-electron chi connectivity index (χ0n) is 8.59. The van der Waals surface area contributed by atoms with Crippen molar-refractivity contribution in [1.29, 1.82) is 0 Å². The first-order valence-electron chi connectivity index (χ1n) is 5.58. The molecule has 0 spiro atoms. The molecule has 1 aliphatic rings. The third-order valence-electron chi connectivity index (χ3n) is 2.90. The average molecular weight is 194 g/mol. The second-order valence-electron chi connectivity index (χ2n) is 3.98. The Morgan fingerprint density at radius 2 is 2.07 bits per heavy atom. The van der Waals surface area contributed by atoms with Gasteiger partial charge in [-0.05, 0) is 38.6 Å². The van der Waals surface area contributed by atoms with E-state index in [1.807, 2.05) is 0 Å². The Balaban J connectivity index is 2.12. The molecule has 0 bridgehead atoms. The largest absolute Gasteiger partial charge is 0.361 e. The highest BCUT2D eigenvalue weighted by molar-refractivity contribution is 5.24. The molecule has 14 heavy (non-hydrogen) atoms. The van der Waals surface area contributed by atoms with Crippen LogP contribution in [0, 0.1) is 0 Å². The molecule has 1 heterocycles. The van der Waals surface area contributed by atoms with Crippen LogP contribution in [0.1, 0.15) is 42.7 Å². The molecule has 0 unspecified atom stereocenters. The quantitative estimate of drug-likeness (QED) is 0.747. The lowest BCUT2D eigenvalue weighted by Gasteiger charge is -1.98. The molecule has 0 amide bonds. The summed E-state index contributed by atoms with van der Waals surface area (Å²) < 4.78 is 5.37. The van der Waals surface area contributed by atoms with Crippen molar-refractivity contribution in [2.45, 2.75) is 44.9 Å². The van der Waals surface area contributed by atoms with Crippen molar-refractivity contribution in [2.24, 2.45) is 5.73 Å². The highest BCUT2D eigenvalue weighted by Gasteiger charge is 2.17. The summed E-state index contributed by atoms with van der Waals surface area (Å²) in [6.07, 6.45) is 8.08. The smallest absolute Gasteiger partial charge is 0.140 e. The molecular formula is C11H18N2O. The van der Waals surface area contributed by atoms with Crippen molar-refractivity contribution in [3.8, 4) is 0 Å². The van der Waals surface area contributed by atoms with Gasteiger partial charge >= 0.3 is 0 Å². The predicted molar refractivity (Wildman–Crippen MR) is 55.1 cm³/mol. The minimum Gasteiger partial charge on any atom is -0.361 e. The Labute approximate surface area is 84.7 Å². The molecule has 78 valence electrons. The number of aryl methyl sites for hydroxylation is 2. The predicted octanol–water partition coefficient (Wildman–Crippen LogP) is 1.83. The fourth-order valence-electron chi connectivity index (χ4n) is 2.09. The average Bonchev–Trinajstić information content (AvgIpc) is 2.45. The number of nitrogens with zero attached hydrogens (tertiary/aromatic N) is 1. The number of rotatable bonds is 3. The number of aromatic nitrogens is 1. The van der Waals surface area contributed by atoms with E-state index < -0.39 is 0 Å². The summed E-state index contributed by atoms with van der Waals surface area (Å²) in [5.74, 6) is 1.09. The molecule has 0 radical (unpaired) electrons. The lowest BCUT2D eigenvalue weighted by Crippen LogP contribution is -2.01. The molecule has 2 rings (SSSR count). The number of nitrogens with two attached hydrogens (primary N) is 1. The minimum absolute atomic E-state index is 0.732. The summed E-state index contributed by atoms with van der Waals surface area (Å²) in [6.45, 7) is 0.732. The van der Waals surface area contributed by atoms with Gasteiger partial charge in [-0.25, -0.2) is 0 Å². The SMILES string of the molecule is NCCCc1onc2c1CCCCC2. The standard InChI is InChI=1S/C11H18N2O/c12-8-4-7-11-9-5-2-1-3-6-10(9)13-14-11/h1-8,12H2. The first-order valence-corrected chi connectivity index (χ1v) is 5.58. The Hall–Kier alpha value is -0.830. The van der Waals surface area contributed by atoms with Crippen molar-refractivity contribution in [3.63, 3.8) is 0 Å². The zero-order chi connectivity index (χ0) is 9.80. The van der Waals surface area contributed by atoms with Crippen LogP contribution in [0.3, 0.4) is 0 Å². The third kappa shape index (κ3) is 1.98. The summed E-state index contributed by atoms with van der Waals surface area (Å²) in [7, 11) is 0. The van der Waals surface area contributed by atoms with Crippen molar-refractivity contribution in [3.05, 3.63) is 17.0 Å². The van der Waals surface area contributed by atoms with Crippen LogP contribution in [0.15, 0.2) is 4.52 Å². The van der Waals surface area contributed by atoms with Crippen molar-refractivity contribution < 1.29 is 4.52 Å². The monoisotopic (exact) mass is 194 g/mol. The highest BCUT2D eigenvalue weighted by atomic mass is 16.5. The van der Waals surface area contributed by atoms with Gasteiger partial charge in [-0.15, -0.1) is 0 Å². The van der Waals surface area contributed by atoms with Crippen LogP contribution in [0.2, 0.25) is 0 Å². The van der Waals surface area contributed by atoms with E-state index in [2.05, 4.69) is 5.16 Å². The molecule has 0 saturated heterocycles. The van der Waals surface area contributed by atoms with Gasteiger partial charge in [0.25, 0.3) is 0 Å². The summed E-state index contributed by atoms with van der Waals surface area (Å²) in [5, 5.41) is 4.15. The van der Waals surface area contributed by atoms with E-state index >= 15 is 0 Å². The first-order chi connectivity index (χ1) is 6.92. The molecule has 0 fully saturated rings. The van der Waals surface area contributed by atoms with Gasteiger partial charge in [-0.3, -0.25) is 0 Å². The maximum atomic E-state index is 5.49. The van der Waals surface area contributed by atoms with Gasteiger partial charge in [0.2, 0.25) is 0 Å². The molecule has 3 nitrogen and oxygen atoms in total.